The Morgan fingerprint density at radius 3 is 2.88 bits per heavy atom. The van der Waals surface area contributed by atoms with Gasteiger partial charge < -0.3 is 14.9 Å². The van der Waals surface area contributed by atoms with E-state index in [2.05, 4.69) is 15.9 Å². The van der Waals surface area contributed by atoms with Crippen molar-refractivity contribution in [1.82, 2.24) is 0 Å². The molecule has 2 rings (SSSR count). The van der Waals surface area contributed by atoms with Crippen LogP contribution >= 0.6 is 15.9 Å². The highest BCUT2D eigenvalue weighted by Crippen LogP contribution is 2.23. The standard InChI is InChI=1S/C12H10BrNO2/c13-9-3-4-11(15)8(6-9)7-10(14)12-2-1-5-16-12/h1-6,14-15H,7H2. The van der Waals surface area contributed by atoms with Crippen LogP contribution in [0.15, 0.2) is 45.5 Å². The lowest BCUT2D eigenvalue weighted by molar-refractivity contribution is 0.470. The van der Waals surface area contributed by atoms with Gasteiger partial charge in [-0.05, 0) is 30.3 Å². The molecule has 82 valence electrons. The largest absolute Gasteiger partial charge is 0.508 e. The number of phenols is 1. The third kappa shape index (κ3) is 2.33. The summed E-state index contributed by atoms with van der Waals surface area (Å²) < 4.78 is 6.00. The number of phenolic OH excluding ortho intramolecular Hbond substituents is 1. The predicted molar refractivity (Wildman–Crippen MR) is 65.0 cm³/mol. The zero-order chi connectivity index (χ0) is 11.5. The summed E-state index contributed by atoms with van der Waals surface area (Å²) in [5, 5.41) is 17.5. The van der Waals surface area contributed by atoms with Gasteiger partial charge in [0.2, 0.25) is 0 Å². The van der Waals surface area contributed by atoms with Gasteiger partial charge in [-0.3, -0.25) is 0 Å². The predicted octanol–water partition coefficient (Wildman–Crippen LogP) is 3.36. The number of hydrogen-bond donors (Lipinski definition) is 2. The number of nitrogens with one attached hydrogen (secondary N) is 1. The first kappa shape index (κ1) is 11.0. The van der Waals surface area contributed by atoms with Crippen molar-refractivity contribution in [2.45, 2.75) is 6.42 Å². The van der Waals surface area contributed by atoms with Crippen LogP contribution in [0.3, 0.4) is 0 Å². The van der Waals surface area contributed by atoms with E-state index in [9.17, 15) is 5.11 Å². The Morgan fingerprint density at radius 1 is 1.38 bits per heavy atom. The van der Waals surface area contributed by atoms with E-state index in [-0.39, 0.29) is 5.75 Å². The van der Waals surface area contributed by atoms with Crippen LogP contribution in [0.1, 0.15) is 11.3 Å². The Labute approximate surface area is 101 Å². The van der Waals surface area contributed by atoms with Crippen molar-refractivity contribution in [3.8, 4) is 5.75 Å². The molecular weight excluding hydrogens is 270 g/mol. The van der Waals surface area contributed by atoms with Gasteiger partial charge in [0, 0.05) is 16.5 Å². The maximum Gasteiger partial charge on any atom is 0.147 e. The van der Waals surface area contributed by atoms with E-state index >= 15 is 0 Å². The van der Waals surface area contributed by atoms with Crippen molar-refractivity contribution >= 4 is 21.6 Å². The third-order valence-corrected chi connectivity index (χ3v) is 2.72. The van der Waals surface area contributed by atoms with Crippen LogP contribution in [0.2, 0.25) is 0 Å². The molecular formula is C12H10BrNO2. The number of aromatic hydroxyl groups is 1. The summed E-state index contributed by atoms with van der Waals surface area (Å²) in [5.41, 5.74) is 1.05. The molecule has 0 bridgehead atoms. The molecule has 1 heterocycles. The number of furan rings is 1. The van der Waals surface area contributed by atoms with Gasteiger partial charge in [0.1, 0.15) is 11.5 Å². The van der Waals surface area contributed by atoms with Crippen LogP contribution in [0.4, 0.5) is 0 Å². The molecule has 0 aliphatic heterocycles. The molecule has 16 heavy (non-hydrogen) atoms. The van der Waals surface area contributed by atoms with Crippen LogP contribution < -0.4 is 0 Å². The molecule has 0 saturated heterocycles. The van der Waals surface area contributed by atoms with E-state index in [0.717, 1.165) is 4.47 Å². The minimum atomic E-state index is 0.194. The number of rotatable bonds is 3. The molecule has 0 aliphatic rings. The minimum Gasteiger partial charge on any atom is -0.508 e. The molecule has 0 aliphatic carbocycles. The molecule has 0 atom stereocenters. The van der Waals surface area contributed by atoms with Gasteiger partial charge in [0.05, 0.1) is 12.0 Å². The van der Waals surface area contributed by atoms with Gasteiger partial charge in [-0.15, -0.1) is 0 Å². The third-order valence-electron chi connectivity index (χ3n) is 2.23. The van der Waals surface area contributed by atoms with E-state index in [1.807, 2.05) is 0 Å². The Balaban J connectivity index is 2.21. The van der Waals surface area contributed by atoms with Gasteiger partial charge in [0.25, 0.3) is 0 Å². The maximum atomic E-state index is 9.63. The van der Waals surface area contributed by atoms with Gasteiger partial charge in [-0.1, -0.05) is 15.9 Å². The Hall–Kier alpha value is -1.55. The highest BCUT2D eigenvalue weighted by Gasteiger charge is 2.09. The second-order valence-electron chi connectivity index (χ2n) is 3.41. The zero-order valence-electron chi connectivity index (χ0n) is 8.40. The van der Waals surface area contributed by atoms with E-state index in [0.29, 0.717) is 23.5 Å². The Morgan fingerprint density at radius 2 is 2.19 bits per heavy atom. The van der Waals surface area contributed by atoms with Crippen molar-refractivity contribution in [1.29, 1.82) is 5.41 Å². The van der Waals surface area contributed by atoms with Gasteiger partial charge in [-0.2, -0.15) is 0 Å². The number of halogens is 1. The molecule has 0 saturated carbocycles. The molecule has 0 amide bonds. The lowest BCUT2D eigenvalue weighted by Crippen LogP contribution is -2.02. The highest BCUT2D eigenvalue weighted by atomic mass is 79.9. The summed E-state index contributed by atoms with van der Waals surface area (Å²) in [5.74, 6) is 0.721. The minimum absolute atomic E-state index is 0.194. The molecule has 2 aromatic rings. The average molecular weight is 280 g/mol. The van der Waals surface area contributed by atoms with E-state index in [1.54, 1.807) is 30.3 Å². The van der Waals surface area contributed by atoms with Crippen molar-refractivity contribution < 1.29 is 9.52 Å². The van der Waals surface area contributed by atoms with Gasteiger partial charge in [-0.25, -0.2) is 0 Å². The van der Waals surface area contributed by atoms with Crippen LogP contribution in [0.25, 0.3) is 0 Å². The Bertz CT molecular complexity index is 506. The van der Waals surface area contributed by atoms with Crippen molar-refractivity contribution in [2.24, 2.45) is 0 Å². The molecule has 0 spiro atoms. The van der Waals surface area contributed by atoms with Gasteiger partial charge >= 0.3 is 0 Å². The summed E-state index contributed by atoms with van der Waals surface area (Å²) in [6, 6.07) is 8.64. The maximum absolute atomic E-state index is 9.63. The summed E-state index contributed by atoms with van der Waals surface area (Å²) in [7, 11) is 0. The Kier molecular flexibility index (Phi) is 3.10. The normalized spacial score (nSPS) is 10.3. The first-order valence-electron chi connectivity index (χ1n) is 4.75. The topological polar surface area (TPSA) is 57.2 Å². The van der Waals surface area contributed by atoms with Crippen molar-refractivity contribution in [3.63, 3.8) is 0 Å². The molecule has 4 heteroatoms. The molecule has 2 N–H and O–H groups in total. The summed E-state index contributed by atoms with van der Waals surface area (Å²) in [4.78, 5) is 0. The van der Waals surface area contributed by atoms with Crippen LogP contribution in [-0.4, -0.2) is 10.8 Å². The van der Waals surface area contributed by atoms with Crippen molar-refractivity contribution in [3.05, 3.63) is 52.4 Å². The molecule has 3 nitrogen and oxygen atoms in total. The lowest BCUT2D eigenvalue weighted by Gasteiger charge is -2.05. The first-order chi connectivity index (χ1) is 7.66. The second-order valence-corrected chi connectivity index (χ2v) is 4.32. The molecule has 1 aromatic carbocycles. The number of hydrogen-bond acceptors (Lipinski definition) is 3. The van der Waals surface area contributed by atoms with Gasteiger partial charge in [0.15, 0.2) is 0 Å². The quantitative estimate of drug-likeness (QED) is 0.847. The molecule has 1 aromatic heterocycles. The smallest absolute Gasteiger partial charge is 0.147 e. The monoisotopic (exact) mass is 279 g/mol. The SMILES string of the molecule is N=C(Cc1cc(Br)ccc1O)c1ccco1. The molecule has 0 unspecified atom stereocenters. The zero-order valence-corrected chi connectivity index (χ0v) is 9.99. The van der Waals surface area contributed by atoms with E-state index in [4.69, 9.17) is 9.83 Å². The average Bonchev–Trinajstić information content (AvgIpc) is 2.76. The lowest BCUT2D eigenvalue weighted by atomic mass is 10.1. The first-order valence-corrected chi connectivity index (χ1v) is 5.55. The van der Waals surface area contributed by atoms with E-state index < -0.39 is 0 Å². The molecule has 0 fully saturated rings. The summed E-state index contributed by atoms with van der Waals surface area (Å²) in [6.07, 6.45) is 1.88. The van der Waals surface area contributed by atoms with E-state index in [1.165, 1.54) is 6.26 Å². The van der Waals surface area contributed by atoms with Crippen LogP contribution in [-0.2, 0) is 6.42 Å². The van der Waals surface area contributed by atoms with Crippen molar-refractivity contribution in [2.75, 3.05) is 0 Å². The summed E-state index contributed by atoms with van der Waals surface area (Å²) in [6.45, 7) is 0. The summed E-state index contributed by atoms with van der Waals surface area (Å²) >= 11 is 3.33. The fourth-order valence-corrected chi connectivity index (χ4v) is 1.83. The highest BCUT2D eigenvalue weighted by molar-refractivity contribution is 9.10. The molecule has 0 radical (unpaired) electrons. The fourth-order valence-electron chi connectivity index (χ4n) is 1.42. The second kappa shape index (κ2) is 4.53. The van der Waals surface area contributed by atoms with Crippen LogP contribution in [0.5, 0.6) is 5.75 Å². The fraction of sp³-hybridized carbons (Fsp3) is 0.0833. The van der Waals surface area contributed by atoms with Crippen LogP contribution in [0, 0.1) is 5.41 Å². The number of benzene rings is 1.